The molecule has 1 heterocycles. The average Bonchev–Trinajstić information content (AvgIpc) is 2.44. The van der Waals surface area contributed by atoms with Crippen LogP contribution in [0.2, 0.25) is 0 Å². The van der Waals surface area contributed by atoms with Gasteiger partial charge in [-0.1, -0.05) is 6.42 Å². The molecule has 72 valence electrons. The van der Waals surface area contributed by atoms with E-state index in [-0.39, 0.29) is 6.04 Å². The maximum absolute atomic E-state index is 5.75. The van der Waals surface area contributed by atoms with Gasteiger partial charge in [0, 0.05) is 24.3 Å². The molecule has 0 saturated heterocycles. The highest BCUT2D eigenvalue weighted by molar-refractivity contribution is 5.08. The summed E-state index contributed by atoms with van der Waals surface area (Å²) in [5.41, 5.74) is 6.89. The Hall–Kier alpha value is -0.830. The molecule has 1 saturated carbocycles. The molecule has 3 nitrogen and oxygen atoms in total. The van der Waals surface area contributed by atoms with Gasteiger partial charge in [0.15, 0.2) is 0 Å². The van der Waals surface area contributed by atoms with E-state index in [2.05, 4.69) is 11.3 Å². The largest absolute Gasteiger partial charge is 0.324 e. The second-order valence-electron chi connectivity index (χ2n) is 4.08. The number of aromatic nitrogens is 2. The first kappa shape index (κ1) is 8.75. The van der Waals surface area contributed by atoms with Crippen molar-refractivity contribution in [2.24, 2.45) is 11.7 Å². The summed E-state index contributed by atoms with van der Waals surface area (Å²) >= 11 is 0. The minimum atomic E-state index is 0.107. The lowest BCUT2D eigenvalue weighted by atomic mass is 9.85. The first-order valence-corrected chi connectivity index (χ1v) is 5.03. The highest BCUT2D eigenvalue weighted by Crippen LogP contribution is 2.27. The fraction of sp³-hybridized carbons (Fsp3) is 0.700. The third-order valence-corrected chi connectivity index (χ3v) is 2.85. The molecular formula is C10H17N3. The quantitative estimate of drug-likeness (QED) is 0.767. The molecule has 3 heteroatoms. The maximum Gasteiger partial charge on any atom is 0.0537 e. The van der Waals surface area contributed by atoms with Crippen LogP contribution in [0.1, 0.15) is 37.8 Å². The van der Waals surface area contributed by atoms with E-state index in [1.54, 1.807) is 0 Å². The van der Waals surface area contributed by atoms with Crippen molar-refractivity contribution in [1.82, 2.24) is 9.78 Å². The standard InChI is InChI=1S/C10H17N3/c1-8(11)10-5-12-13(7-10)6-9-3-2-4-9/h5,7-9H,2-4,6,11H2,1H3/t8-/m0/s1. The molecule has 0 radical (unpaired) electrons. The van der Waals surface area contributed by atoms with Crippen molar-refractivity contribution in [3.8, 4) is 0 Å². The lowest BCUT2D eigenvalue weighted by Crippen LogP contribution is -2.18. The maximum atomic E-state index is 5.75. The SMILES string of the molecule is C[C@H](N)c1cnn(CC2CCC2)c1. The number of nitrogens with two attached hydrogens (primary N) is 1. The molecule has 0 unspecified atom stereocenters. The Morgan fingerprint density at radius 3 is 2.92 bits per heavy atom. The van der Waals surface area contributed by atoms with Gasteiger partial charge in [0.2, 0.25) is 0 Å². The van der Waals surface area contributed by atoms with Crippen molar-refractivity contribution < 1.29 is 0 Å². The first-order chi connectivity index (χ1) is 6.25. The van der Waals surface area contributed by atoms with Gasteiger partial charge < -0.3 is 5.73 Å². The Bertz CT molecular complexity index is 273. The van der Waals surface area contributed by atoms with Crippen LogP contribution < -0.4 is 5.73 Å². The molecule has 0 spiro atoms. The minimum Gasteiger partial charge on any atom is -0.324 e. The van der Waals surface area contributed by atoms with Crippen molar-refractivity contribution >= 4 is 0 Å². The third-order valence-electron chi connectivity index (χ3n) is 2.85. The van der Waals surface area contributed by atoms with Gasteiger partial charge in [0.1, 0.15) is 0 Å². The second-order valence-corrected chi connectivity index (χ2v) is 4.08. The van der Waals surface area contributed by atoms with E-state index in [4.69, 9.17) is 5.73 Å². The average molecular weight is 179 g/mol. The molecule has 1 aliphatic carbocycles. The van der Waals surface area contributed by atoms with Gasteiger partial charge in [0.25, 0.3) is 0 Å². The van der Waals surface area contributed by atoms with Crippen LogP contribution in [0, 0.1) is 5.92 Å². The zero-order valence-electron chi connectivity index (χ0n) is 8.11. The van der Waals surface area contributed by atoms with Crippen LogP contribution in [0.4, 0.5) is 0 Å². The highest BCUT2D eigenvalue weighted by Gasteiger charge is 2.18. The molecule has 1 aromatic rings. The van der Waals surface area contributed by atoms with Gasteiger partial charge in [-0.3, -0.25) is 4.68 Å². The fourth-order valence-electron chi connectivity index (χ4n) is 1.65. The van der Waals surface area contributed by atoms with E-state index in [0.29, 0.717) is 0 Å². The summed E-state index contributed by atoms with van der Waals surface area (Å²) in [5.74, 6) is 0.862. The smallest absolute Gasteiger partial charge is 0.0537 e. The zero-order valence-corrected chi connectivity index (χ0v) is 8.11. The molecule has 1 aromatic heterocycles. The molecule has 0 aliphatic heterocycles. The Morgan fingerprint density at radius 2 is 2.46 bits per heavy atom. The van der Waals surface area contributed by atoms with Gasteiger partial charge in [-0.2, -0.15) is 5.10 Å². The normalized spacial score (nSPS) is 19.8. The third kappa shape index (κ3) is 1.91. The number of hydrogen-bond donors (Lipinski definition) is 1. The Balaban J connectivity index is 1.96. The number of rotatable bonds is 3. The van der Waals surface area contributed by atoms with E-state index < -0.39 is 0 Å². The summed E-state index contributed by atoms with van der Waals surface area (Å²) in [6.45, 7) is 3.07. The molecule has 1 fully saturated rings. The summed E-state index contributed by atoms with van der Waals surface area (Å²) in [4.78, 5) is 0. The molecule has 13 heavy (non-hydrogen) atoms. The summed E-state index contributed by atoms with van der Waals surface area (Å²) in [6, 6.07) is 0.107. The summed E-state index contributed by atoms with van der Waals surface area (Å²) < 4.78 is 2.03. The molecule has 0 amide bonds. The van der Waals surface area contributed by atoms with Gasteiger partial charge in [-0.05, 0) is 25.7 Å². The molecule has 2 rings (SSSR count). The van der Waals surface area contributed by atoms with E-state index in [1.807, 2.05) is 17.8 Å². The van der Waals surface area contributed by atoms with Crippen molar-refractivity contribution in [2.45, 2.75) is 38.8 Å². The predicted octanol–water partition coefficient (Wildman–Crippen LogP) is 1.70. The highest BCUT2D eigenvalue weighted by atomic mass is 15.3. The first-order valence-electron chi connectivity index (χ1n) is 5.03. The van der Waals surface area contributed by atoms with Crippen molar-refractivity contribution in [1.29, 1.82) is 0 Å². The van der Waals surface area contributed by atoms with E-state index in [0.717, 1.165) is 18.0 Å². The van der Waals surface area contributed by atoms with Crippen LogP contribution in [0.3, 0.4) is 0 Å². The monoisotopic (exact) mass is 179 g/mol. The molecule has 2 N–H and O–H groups in total. The number of hydrogen-bond acceptors (Lipinski definition) is 2. The van der Waals surface area contributed by atoms with Crippen LogP contribution in [-0.2, 0) is 6.54 Å². The zero-order chi connectivity index (χ0) is 9.26. The van der Waals surface area contributed by atoms with Crippen LogP contribution in [0.15, 0.2) is 12.4 Å². The summed E-state index contributed by atoms with van der Waals surface area (Å²) in [5, 5.41) is 4.30. The summed E-state index contributed by atoms with van der Waals surface area (Å²) in [7, 11) is 0. The molecule has 0 aromatic carbocycles. The Labute approximate surface area is 78.9 Å². The fourth-order valence-corrected chi connectivity index (χ4v) is 1.65. The summed E-state index contributed by atoms with van der Waals surface area (Å²) in [6.07, 6.45) is 8.08. The number of nitrogens with zero attached hydrogens (tertiary/aromatic N) is 2. The van der Waals surface area contributed by atoms with Gasteiger partial charge in [-0.15, -0.1) is 0 Å². The van der Waals surface area contributed by atoms with Crippen LogP contribution in [0.5, 0.6) is 0 Å². The molecule has 1 aliphatic rings. The van der Waals surface area contributed by atoms with E-state index >= 15 is 0 Å². The van der Waals surface area contributed by atoms with E-state index in [9.17, 15) is 0 Å². The molecule has 1 atom stereocenters. The lowest BCUT2D eigenvalue weighted by molar-refractivity contribution is 0.266. The Morgan fingerprint density at radius 1 is 1.69 bits per heavy atom. The van der Waals surface area contributed by atoms with Crippen molar-refractivity contribution in [3.63, 3.8) is 0 Å². The molecular weight excluding hydrogens is 162 g/mol. The minimum absolute atomic E-state index is 0.107. The van der Waals surface area contributed by atoms with Gasteiger partial charge in [0.05, 0.1) is 6.20 Å². The lowest BCUT2D eigenvalue weighted by Gasteiger charge is -2.24. The van der Waals surface area contributed by atoms with Crippen LogP contribution in [-0.4, -0.2) is 9.78 Å². The van der Waals surface area contributed by atoms with Crippen LogP contribution >= 0.6 is 0 Å². The molecule has 0 bridgehead atoms. The van der Waals surface area contributed by atoms with Crippen molar-refractivity contribution in [3.05, 3.63) is 18.0 Å². The van der Waals surface area contributed by atoms with Crippen LogP contribution in [0.25, 0.3) is 0 Å². The second kappa shape index (κ2) is 3.50. The van der Waals surface area contributed by atoms with Gasteiger partial charge >= 0.3 is 0 Å². The van der Waals surface area contributed by atoms with Gasteiger partial charge in [-0.25, -0.2) is 0 Å². The van der Waals surface area contributed by atoms with Crippen molar-refractivity contribution in [2.75, 3.05) is 0 Å². The predicted molar refractivity (Wildman–Crippen MR) is 52.2 cm³/mol. The Kier molecular flexibility index (Phi) is 2.36. The van der Waals surface area contributed by atoms with E-state index in [1.165, 1.54) is 19.3 Å². The topological polar surface area (TPSA) is 43.8 Å².